The Morgan fingerprint density at radius 2 is 1.69 bits per heavy atom. The van der Waals surface area contributed by atoms with Crippen LogP contribution in [0.5, 0.6) is 11.5 Å². The summed E-state index contributed by atoms with van der Waals surface area (Å²) in [5, 5.41) is 10.3. The van der Waals surface area contributed by atoms with Crippen LogP contribution in [0.3, 0.4) is 0 Å². The molecule has 0 spiro atoms. The third-order valence-electron chi connectivity index (χ3n) is 6.94. The number of aromatic nitrogens is 2. The van der Waals surface area contributed by atoms with E-state index in [-0.39, 0.29) is 10.9 Å². The van der Waals surface area contributed by atoms with E-state index in [1.165, 1.54) is 10.2 Å². The van der Waals surface area contributed by atoms with Crippen LogP contribution in [-0.4, -0.2) is 31.2 Å². The van der Waals surface area contributed by atoms with E-state index < -0.39 is 10.0 Å². The summed E-state index contributed by atoms with van der Waals surface area (Å²) in [4.78, 5) is 0.215. The van der Waals surface area contributed by atoms with Crippen molar-refractivity contribution in [1.29, 1.82) is 5.26 Å². The van der Waals surface area contributed by atoms with Gasteiger partial charge >= 0.3 is 0 Å². The van der Waals surface area contributed by atoms with Gasteiger partial charge < -0.3 is 14.0 Å². The van der Waals surface area contributed by atoms with Crippen LogP contribution in [-0.2, 0) is 16.4 Å². The first-order valence-corrected chi connectivity index (χ1v) is 13.1. The molecular formula is C28H27N3O4S. The maximum atomic E-state index is 13.2. The zero-order valence-corrected chi connectivity index (χ0v) is 21.7. The summed E-state index contributed by atoms with van der Waals surface area (Å²) in [6.45, 7) is 6.01. The predicted molar refractivity (Wildman–Crippen MR) is 138 cm³/mol. The van der Waals surface area contributed by atoms with Gasteiger partial charge in [0.1, 0.15) is 6.07 Å². The van der Waals surface area contributed by atoms with E-state index >= 15 is 0 Å². The fourth-order valence-electron chi connectivity index (χ4n) is 5.21. The first-order chi connectivity index (χ1) is 17.2. The van der Waals surface area contributed by atoms with Crippen LogP contribution in [0.25, 0.3) is 22.4 Å². The van der Waals surface area contributed by atoms with Gasteiger partial charge in [-0.2, -0.15) is 5.26 Å². The highest BCUT2D eigenvalue weighted by Gasteiger charge is 2.32. The van der Waals surface area contributed by atoms with Crippen molar-refractivity contribution < 1.29 is 17.9 Å². The summed E-state index contributed by atoms with van der Waals surface area (Å²) < 4.78 is 40.9. The van der Waals surface area contributed by atoms with Gasteiger partial charge in [-0.1, -0.05) is 17.7 Å². The smallest absolute Gasteiger partial charge is 0.267 e. The lowest BCUT2D eigenvalue weighted by atomic mass is 9.91. The van der Waals surface area contributed by atoms with E-state index in [4.69, 9.17) is 9.47 Å². The SMILES string of the molecule is COc1cc2c(cc1OC)-c1c(C#N)c(-c3ccn(S(=O)(=O)c4ccc(C)cc4)c3)c(C)n1C(C)C2. The van der Waals surface area contributed by atoms with Crippen molar-refractivity contribution in [3.63, 3.8) is 0 Å². The van der Waals surface area contributed by atoms with Crippen LogP contribution in [0.15, 0.2) is 59.8 Å². The van der Waals surface area contributed by atoms with Gasteiger partial charge in [-0.3, -0.25) is 0 Å². The highest BCUT2D eigenvalue weighted by atomic mass is 32.2. The number of ether oxygens (including phenoxy) is 2. The van der Waals surface area contributed by atoms with Crippen LogP contribution in [0.1, 0.15) is 35.3 Å². The Balaban J connectivity index is 1.69. The Labute approximate surface area is 211 Å². The van der Waals surface area contributed by atoms with Crippen LogP contribution in [0, 0.1) is 25.2 Å². The average molecular weight is 502 g/mol. The predicted octanol–water partition coefficient (Wildman–Crippen LogP) is 5.48. The Morgan fingerprint density at radius 1 is 1.03 bits per heavy atom. The molecule has 0 saturated carbocycles. The number of rotatable bonds is 5. The van der Waals surface area contributed by atoms with Gasteiger partial charge in [-0.05, 0) is 63.1 Å². The Morgan fingerprint density at radius 3 is 2.33 bits per heavy atom. The largest absolute Gasteiger partial charge is 0.493 e. The Bertz CT molecular complexity index is 1640. The van der Waals surface area contributed by atoms with Crippen molar-refractivity contribution in [2.75, 3.05) is 14.2 Å². The zero-order chi connectivity index (χ0) is 25.8. The van der Waals surface area contributed by atoms with E-state index in [0.717, 1.165) is 40.1 Å². The van der Waals surface area contributed by atoms with E-state index in [9.17, 15) is 13.7 Å². The number of hydrogen-bond acceptors (Lipinski definition) is 5. The van der Waals surface area contributed by atoms with Gasteiger partial charge in [0, 0.05) is 40.8 Å². The van der Waals surface area contributed by atoms with Crippen molar-refractivity contribution in [2.45, 2.75) is 38.1 Å². The number of fused-ring (bicyclic) bond motifs is 3. The van der Waals surface area contributed by atoms with Crippen LogP contribution < -0.4 is 9.47 Å². The summed E-state index contributed by atoms with van der Waals surface area (Å²) in [5.74, 6) is 1.24. The summed E-state index contributed by atoms with van der Waals surface area (Å²) in [5.41, 5.74) is 6.64. The van der Waals surface area contributed by atoms with Crippen molar-refractivity contribution >= 4 is 10.0 Å². The van der Waals surface area contributed by atoms with Crippen molar-refractivity contribution in [1.82, 2.24) is 8.54 Å². The molecule has 3 heterocycles. The third-order valence-corrected chi connectivity index (χ3v) is 8.59. The minimum atomic E-state index is -3.76. The quantitative estimate of drug-likeness (QED) is 0.361. The van der Waals surface area contributed by atoms with Gasteiger partial charge in [0.05, 0.1) is 30.4 Å². The number of nitrogens with zero attached hydrogens (tertiary/aromatic N) is 3. The number of benzene rings is 2. The van der Waals surface area contributed by atoms with Gasteiger partial charge in [-0.15, -0.1) is 0 Å². The highest BCUT2D eigenvalue weighted by Crippen LogP contribution is 2.47. The van der Waals surface area contributed by atoms with E-state index in [1.807, 2.05) is 26.0 Å². The van der Waals surface area contributed by atoms with E-state index in [1.54, 1.807) is 50.7 Å². The number of aryl methyl sites for hydroxylation is 1. The molecule has 2 aromatic carbocycles. The maximum absolute atomic E-state index is 13.2. The number of hydrogen-bond donors (Lipinski definition) is 0. The minimum Gasteiger partial charge on any atom is -0.493 e. The Kier molecular flexibility index (Phi) is 5.68. The molecule has 0 saturated heterocycles. The molecular weight excluding hydrogens is 474 g/mol. The molecule has 1 atom stereocenters. The summed E-state index contributed by atoms with van der Waals surface area (Å²) in [6.07, 6.45) is 3.89. The van der Waals surface area contributed by atoms with Gasteiger partial charge in [0.25, 0.3) is 10.0 Å². The van der Waals surface area contributed by atoms with Crippen LogP contribution in [0.4, 0.5) is 0 Å². The van der Waals surface area contributed by atoms with Gasteiger partial charge in [-0.25, -0.2) is 12.4 Å². The summed E-state index contributed by atoms with van der Waals surface area (Å²) in [6, 6.07) is 14.9. The lowest BCUT2D eigenvalue weighted by Gasteiger charge is -2.28. The monoisotopic (exact) mass is 501 g/mol. The molecule has 1 unspecified atom stereocenters. The molecule has 1 aliphatic rings. The molecule has 0 amide bonds. The maximum Gasteiger partial charge on any atom is 0.267 e. The van der Waals surface area contributed by atoms with Crippen LogP contribution >= 0.6 is 0 Å². The molecule has 0 N–H and O–H groups in total. The zero-order valence-electron chi connectivity index (χ0n) is 20.9. The fraction of sp³-hybridized carbons (Fsp3) is 0.250. The lowest BCUT2D eigenvalue weighted by molar-refractivity contribution is 0.354. The topological polar surface area (TPSA) is 86.2 Å². The average Bonchev–Trinajstić information content (AvgIpc) is 3.47. The second-order valence-corrected chi connectivity index (χ2v) is 11.0. The van der Waals surface area contributed by atoms with E-state index in [2.05, 4.69) is 17.6 Å². The van der Waals surface area contributed by atoms with Gasteiger partial charge in [0.2, 0.25) is 0 Å². The summed E-state index contributed by atoms with van der Waals surface area (Å²) >= 11 is 0. The standard InChI is InChI=1S/C28H27N3O4S/c1-17-6-8-22(9-7-17)36(32,33)30-11-10-20(16-30)27-19(3)31-18(2)12-21-13-25(34-4)26(35-5)14-23(21)28(31)24(27)15-29/h6-11,13-14,16,18H,12H2,1-5H3. The molecule has 4 aromatic rings. The number of nitriles is 1. The Hall–Kier alpha value is -3.96. The molecule has 0 bridgehead atoms. The molecule has 8 heteroatoms. The molecule has 184 valence electrons. The lowest BCUT2D eigenvalue weighted by Crippen LogP contribution is -2.17. The minimum absolute atomic E-state index is 0.102. The van der Waals surface area contributed by atoms with Crippen molar-refractivity contribution in [2.24, 2.45) is 0 Å². The molecule has 7 nitrogen and oxygen atoms in total. The normalized spacial score (nSPS) is 14.6. The second kappa shape index (κ2) is 8.61. The molecule has 0 radical (unpaired) electrons. The van der Waals surface area contributed by atoms with Gasteiger partial charge in [0.15, 0.2) is 11.5 Å². The third kappa shape index (κ3) is 3.50. The van der Waals surface area contributed by atoms with E-state index in [0.29, 0.717) is 22.6 Å². The molecule has 0 aliphatic carbocycles. The molecule has 1 aliphatic heterocycles. The molecule has 2 aromatic heterocycles. The second-order valence-electron chi connectivity index (χ2n) is 9.13. The molecule has 5 rings (SSSR count). The molecule has 36 heavy (non-hydrogen) atoms. The highest BCUT2D eigenvalue weighted by molar-refractivity contribution is 7.90. The van der Waals surface area contributed by atoms with Crippen LogP contribution in [0.2, 0.25) is 0 Å². The number of methoxy groups -OCH3 is 2. The molecule has 0 fully saturated rings. The first-order valence-electron chi connectivity index (χ1n) is 11.6. The van der Waals surface area contributed by atoms with Crippen molar-refractivity contribution in [3.05, 3.63) is 77.2 Å². The first kappa shape index (κ1) is 23.8. The fourth-order valence-corrected chi connectivity index (χ4v) is 6.41. The van der Waals surface area contributed by atoms with Crippen molar-refractivity contribution in [3.8, 4) is 40.0 Å². The summed E-state index contributed by atoms with van der Waals surface area (Å²) in [7, 11) is -0.557.